The van der Waals surface area contributed by atoms with Gasteiger partial charge in [-0.3, -0.25) is 14.9 Å². The average molecular weight is 372 g/mol. The number of nitro benzene ring substituents is 1. The van der Waals surface area contributed by atoms with E-state index in [1.807, 2.05) is 0 Å². The van der Waals surface area contributed by atoms with Crippen molar-refractivity contribution in [1.29, 1.82) is 0 Å². The lowest BCUT2D eigenvalue weighted by Crippen LogP contribution is -2.28. The van der Waals surface area contributed by atoms with Gasteiger partial charge in [0.05, 0.1) is 17.6 Å². The molecule has 144 valence electrons. The van der Waals surface area contributed by atoms with Gasteiger partial charge in [-0.05, 0) is 27.7 Å². The zero-order valence-corrected chi connectivity index (χ0v) is 15.0. The maximum Gasteiger partial charge on any atom is 0.344 e. The highest BCUT2D eigenvalue weighted by atomic mass is 19.1. The van der Waals surface area contributed by atoms with E-state index in [1.165, 1.54) is 0 Å². The molecule has 0 saturated carbocycles. The van der Waals surface area contributed by atoms with Crippen LogP contribution in [0.5, 0.6) is 5.75 Å². The Kier molecular flexibility index (Phi) is 7.29. The number of benzene rings is 1. The first-order valence-corrected chi connectivity index (χ1v) is 7.75. The van der Waals surface area contributed by atoms with Gasteiger partial charge in [0.15, 0.2) is 18.2 Å². The van der Waals surface area contributed by atoms with Gasteiger partial charge in [-0.15, -0.1) is 0 Å². The predicted octanol–water partition coefficient (Wildman–Crippen LogP) is 2.43. The van der Waals surface area contributed by atoms with Gasteiger partial charge < -0.3 is 19.5 Å². The average Bonchev–Trinajstić information content (AvgIpc) is 2.50. The van der Waals surface area contributed by atoms with Crippen molar-refractivity contribution in [2.75, 3.05) is 25.1 Å². The number of esters is 2. The number of halogens is 1. The van der Waals surface area contributed by atoms with Gasteiger partial charge in [-0.1, -0.05) is 0 Å². The second kappa shape index (κ2) is 8.97. The normalized spacial score (nSPS) is 10.8. The SMILES string of the molecule is CCOC(=O)COc1cc([N+](=O)[O-])c(NCC(=O)OC(C)(C)C)cc1F. The summed E-state index contributed by atoms with van der Waals surface area (Å²) in [5.74, 6) is -2.81. The highest BCUT2D eigenvalue weighted by Gasteiger charge is 2.22. The van der Waals surface area contributed by atoms with Crippen LogP contribution in [0.25, 0.3) is 0 Å². The minimum Gasteiger partial charge on any atom is -0.479 e. The van der Waals surface area contributed by atoms with Crippen LogP contribution >= 0.6 is 0 Å². The first-order chi connectivity index (χ1) is 12.0. The van der Waals surface area contributed by atoms with E-state index in [4.69, 9.17) is 9.47 Å². The van der Waals surface area contributed by atoms with Crippen LogP contribution in [-0.2, 0) is 19.1 Å². The van der Waals surface area contributed by atoms with E-state index < -0.39 is 46.3 Å². The molecule has 1 aromatic carbocycles. The summed E-state index contributed by atoms with van der Waals surface area (Å²) in [6, 6.07) is 1.63. The number of carbonyl (C=O) groups excluding carboxylic acids is 2. The van der Waals surface area contributed by atoms with Crippen LogP contribution in [0.4, 0.5) is 15.8 Å². The van der Waals surface area contributed by atoms with Crippen molar-refractivity contribution in [3.63, 3.8) is 0 Å². The monoisotopic (exact) mass is 372 g/mol. The molecule has 0 heterocycles. The fourth-order valence-corrected chi connectivity index (χ4v) is 1.83. The smallest absolute Gasteiger partial charge is 0.344 e. The van der Waals surface area contributed by atoms with Gasteiger partial charge in [0.2, 0.25) is 0 Å². The Balaban J connectivity index is 2.90. The zero-order valence-electron chi connectivity index (χ0n) is 15.0. The summed E-state index contributed by atoms with van der Waals surface area (Å²) in [7, 11) is 0. The van der Waals surface area contributed by atoms with Crippen LogP contribution in [0.1, 0.15) is 27.7 Å². The first kappa shape index (κ1) is 21.1. The van der Waals surface area contributed by atoms with E-state index in [1.54, 1.807) is 27.7 Å². The summed E-state index contributed by atoms with van der Waals surface area (Å²) in [6.07, 6.45) is 0. The highest BCUT2D eigenvalue weighted by Crippen LogP contribution is 2.32. The molecule has 0 aromatic heterocycles. The Hall–Kier alpha value is -2.91. The maximum absolute atomic E-state index is 14.1. The van der Waals surface area contributed by atoms with E-state index >= 15 is 0 Å². The van der Waals surface area contributed by atoms with Crippen molar-refractivity contribution in [1.82, 2.24) is 0 Å². The van der Waals surface area contributed by atoms with E-state index in [9.17, 15) is 24.1 Å². The molecule has 0 aliphatic rings. The van der Waals surface area contributed by atoms with Gasteiger partial charge in [0.1, 0.15) is 17.8 Å². The molecule has 0 bridgehead atoms. The van der Waals surface area contributed by atoms with Gasteiger partial charge in [0, 0.05) is 6.07 Å². The summed E-state index contributed by atoms with van der Waals surface area (Å²) >= 11 is 0. The minimum absolute atomic E-state index is 0.123. The van der Waals surface area contributed by atoms with Crippen molar-refractivity contribution in [3.05, 3.63) is 28.1 Å². The number of nitrogens with zero attached hydrogens (tertiary/aromatic N) is 1. The molecule has 1 rings (SSSR count). The van der Waals surface area contributed by atoms with Crippen molar-refractivity contribution in [2.24, 2.45) is 0 Å². The molecule has 0 aliphatic carbocycles. The molecule has 26 heavy (non-hydrogen) atoms. The van der Waals surface area contributed by atoms with Gasteiger partial charge in [-0.25, -0.2) is 9.18 Å². The Bertz CT molecular complexity index is 686. The van der Waals surface area contributed by atoms with Crippen molar-refractivity contribution < 1.29 is 33.1 Å². The number of carbonyl (C=O) groups is 2. The standard InChI is InChI=1S/C16H21FN2O7/c1-5-24-15(21)9-25-13-7-12(19(22)23)11(6-10(13)17)18-8-14(20)26-16(2,3)4/h6-7,18H,5,8-9H2,1-4H3. The molecule has 9 nitrogen and oxygen atoms in total. The lowest BCUT2D eigenvalue weighted by molar-refractivity contribution is -0.384. The first-order valence-electron chi connectivity index (χ1n) is 7.75. The Morgan fingerprint density at radius 1 is 1.27 bits per heavy atom. The Morgan fingerprint density at radius 3 is 2.46 bits per heavy atom. The third-order valence-corrected chi connectivity index (χ3v) is 2.74. The lowest BCUT2D eigenvalue weighted by atomic mass is 10.2. The van der Waals surface area contributed by atoms with E-state index in [2.05, 4.69) is 10.1 Å². The number of nitro groups is 1. The molecule has 0 atom stereocenters. The molecule has 0 radical (unpaired) electrons. The summed E-state index contributed by atoms with van der Waals surface area (Å²) in [4.78, 5) is 33.3. The van der Waals surface area contributed by atoms with Crippen molar-refractivity contribution >= 4 is 23.3 Å². The van der Waals surface area contributed by atoms with E-state index in [0.717, 1.165) is 12.1 Å². The third-order valence-electron chi connectivity index (χ3n) is 2.74. The van der Waals surface area contributed by atoms with Crippen molar-refractivity contribution in [3.8, 4) is 5.75 Å². The van der Waals surface area contributed by atoms with Crippen LogP contribution in [0.15, 0.2) is 12.1 Å². The fourth-order valence-electron chi connectivity index (χ4n) is 1.83. The Labute approximate surface area is 149 Å². The van der Waals surface area contributed by atoms with Crippen LogP contribution in [0.3, 0.4) is 0 Å². The molecule has 0 aliphatic heterocycles. The molecular weight excluding hydrogens is 351 g/mol. The van der Waals surface area contributed by atoms with Gasteiger partial charge in [-0.2, -0.15) is 0 Å². The molecule has 1 aromatic rings. The predicted molar refractivity (Wildman–Crippen MR) is 89.5 cm³/mol. The fraction of sp³-hybridized carbons (Fsp3) is 0.500. The van der Waals surface area contributed by atoms with Crippen LogP contribution in [-0.4, -0.2) is 42.2 Å². The molecule has 0 unspecified atom stereocenters. The summed E-state index contributed by atoms with van der Waals surface area (Å²) in [5.41, 5.74) is -1.46. The van der Waals surface area contributed by atoms with Crippen LogP contribution in [0.2, 0.25) is 0 Å². The topological polar surface area (TPSA) is 117 Å². The number of hydrogen-bond donors (Lipinski definition) is 1. The van der Waals surface area contributed by atoms with Gasteiger partial charge in [0.25, 0.3) is 5.69 Å². The third kappa shape index (κ3) is 6.91. The van der Waals surface area contributed by atoms with E-state index in [0.29, 0.717) is 0 Å². The molecule has 0 saturated heterocycles. The summed E-state index contributed by atoms with van der Waals surface area (Å²) in [5, 5.41) is 13.6. The Morgan fingerprint density at radius 2 is 1.92 bits per heavy atom. The number of ether oxygens (including phenoxy) is 3. The second-order valence-electron chi connectivity index (χ2n) is 6.09. The van der Waals surface area contributed by atoms with Crippen LogP contribution < -0.4 is 10.1 Å². The number of hydrogen-bond acceptors (Lipinski definition) is 8. The number of nitrogens with one attached hydrogen (secondary N) is 1. The molecule has 10 heteroatoms. The number of anilines is 1. The zero-order chi connectivity index (χ0) is 19.9. The second-order valence-corrected chi connectivity index (χ2v) is 6.09. The quantitative estimate of drug-likeness (QED) is 0.420. The number of rotatable bonds is 8. The maximum atomic E-state index is 14.1. The highest BCUT2D eigenvalue weighted by molar-refractivity contribution is 5.77. The van der Waals surface area contributed by atoms with Crippen molar-refractivity contribution in [2.45, 2.75) is 33.3 Å². The molecule has 0 amide bonds. The molecule has 1 N–H and O–H groups in total. The molecule has 0 spiro atoms. The lowest BCUT2D eigenvalue weighted by Gasteiger charge is -2.19. The van der Waals surface area contributed by atoms with E-state index in [-0.39, 0.29) is 18.8 Å². The molecular formula is C16H21FN2O7. The summed E-state index contributed by atoms with van der Waals surface area (Å²) in [6.45, 7) is 5.74. The minimum atomic E-state index is -0.938. The van der Waals surface area contributed by atoms with Gasteiger partial charge >= 0.3 is 11.9 Å². The largest absolute Gasteiger partial charge is 0.479 e. The van der Waals surface area contributed by atoms with Crippen LogP contribution in [0, 0.1) is 15.9 Å². The molecule has 0 fully saturated rings. The summed E-state index contributed by atoms with van der Waals surface area (Å²) < 4.78 is 28.7.